The molecule has 228 valence electrons. The minimum absolute atomic E-state index is 0.0756. The lowest BCUT2D eigenvalue weighted by molar-refractivity contribution is -0.0515. The van der Waals surface area contributed by atoms with Gasteiger partial charge in [-0.25, -0.2) is 17.2 Å². The number of rotatable bonds is 12. The third kappa shape index (κ3) is 6.61. The topological polar surface area (TPSA) is 81.1 Å². The van der Waals surface area contributed by atoms with Crippen molar-refractivity contribution in [2.75, 3.05) is 24.6 Å². The van der Waals surface area contributed by atoms with Gasteiger partial charge >= 0.3 is 12.6 Å². The molecule has 2 heterocycles. The highest BCUT2D eigenvalue weighted by Gasteiger charge is 2.29. The van der Waals surface area contributed by atoms with Crippen LogP contribution in [-0.4, -0.2) is 49.6 Å². The SMILES string of the molecule is CCCCCOc1cc(N2CCCN(Cc3cccc4c3ccn4S(=O)(=O)c3ccc(C)cc3)C2=O)ccc1OC(F)F. The van der Waals surface area contributed by atoms with Gasteiger partial charge in [0.05, 0.1) is 17.0 Å². The Labute approximate surface area is 250 Å². The first-order chi connectivity index (χ1) is 20.7. The number of urea groups is 1. The van der Waals surface area contributed by atoms with Crippen molar-refractivity contribution in [3.63, 3.8) is 0 Å². The number of aromatic nitrogens is 1. The molecule has 0 saturated carbocycles. The van der Waals surface area contributed by atoms with Crippen LogP contribution in [0.4, 0.5) is 19.3 Å². The van der Waals surface area contributed by atoms with Gasteiger partial charge in [0.25, 0.3) is 10.0 Å². The molecule has 11 heteroatoms. The minimum Gasteiger partial charge on any atom is -0.490 e. The number of alkyl halides is 2. The number of nitrogens with zero attached hydrogens (tertiary/aromatic N) is 3. The summed E-state index contributed by atoms with van der Waals surface area (Å²) in [6.45, 7) is 2.54. The molecule has 1 aliphatic heterocycles. The Bertz CT molecular complexity index is 1690. The van der Waals surface area contributed by atoms with E-state index in [-0.39, 0.29) is 29.0 Å². The number of amides is 2. The fourth-order valence-electron chi connectivity index (χ4n) is 5.26. The van der Waals surface area contributed by atoms with Crippen LogP contribution in [0.2, 0.25) is 0 Å². The van der Waals surface area contributed by atoms with E-state index in [9.17, 15) is 22.0 Å². The molecule has 3 aromatic carbocycles. The van der Waals surface area contributed by atoms with Crippen LogP contribution in [0.3, 0.4) is 0 Å². The first kappa shape index (κ1) is 30.3. The van der Waals surface area contributed by atoms with E-state index in [1.165, 1.54) is 10.0 Å². The van der Waals surface area contributed by atoms with Gasteiger partial charge in [0.1, 0.15) is 0 Å². The molecule has 43 heavy (non-hydrogen) atoms. The normalized spacial score (nSPS) is 14.1. The first-order valence-corrected chi connectivity index (χ1v) is 15.8. The molecule has 0 atom stereocenters. The first-order valence-electron chi connectivity index (χ1n) is 14.4. The lowest BCUT2D eigenvalue weighted by Gasteiger charge is -2.36. The fraction of sp³-hybridized carbons (Fsp3) is 0.344. The molecule has 1 fully saturated rings. The van der Waals surface area contributed by atoms with E-state index < -0.39 is 16.6 Å². The van der Waals surface area contributed by atoms with Crippen molar-refractivity contribution in [3.05, 3.63) is 84.1 Å². The summed E-state index contributed by atoms with van der Waals surface area (Å²) in [5.41, 5.74) is 2.83. The molecule has 0 spiro atoms. The number of benzene rings is 3. The van der Waals surface area contributed by atoms with E-state index in [0.717, 1.165) is 35.8 Å². The number of unbranched alkanes of at least 4 members (excludes halogenated alkanes) is 2. The standard InChI is InChI=1S/C32H35F2N3O5S/c1-3-4-5-20-41-30-21-25(12-15-29(30)42-31(33)34)36-18-7-17-35(32(36)38)22-24-8-6-9-28-27(24)16-19-37(28)43(39,40)26-13-10-23(2)11-14-26/h6,8-16,19,21,31H,3-5,7,17-18,20,22H2,1-2H3. The summed E-state index contributed by atoms with van der Waals surface area (Å²) in [5.74, 6) is 0.0908. The summed E-state index contributed by atoms with van der Waals surface area (Å²) < 4.78 is 64.6. The second-order valence-corrected chi connectivity index (χ2v) is 12.4. The molecule has 0 aliphatic carbocycles. The number of carbonyl (C=O) groups excluding carboxylic acids is 1. The van der Waals surface area contributed by atoms with Gasteiger partial charge in [0, 0.05) is 43.0 Å². The largest absolute Gasteiger partial charge is 0.490 e. The summed E-state index contributed by atoms with van der Waals surface area (Å²) in [6.07, 6.45) is 4.93. The Hall–Kier alpha value is -4.12. The van der Waals surface area contributed by atoms with Crippen molar-refractivity contribution in [1.82, 2.24) is 8.87 Å². The molecule has 0 N–H and O–H groups in total. The number of halogens is 2. The van der Waals surface area contributed by atoms with Gasteiger partial charge in [-0.05, 0) is 61.7 Å². The number of ether oxygens (including phenoxy) is 2. The van der Waals surface area contributed by atoms with E-state index in [4.69, 9.17) is 4.74 Å². The summed E-state index contributed by atoms with van der Waals surface area (Å²) in [5, 5.41) is 0.736. The van der Waals surface area contributed by atoms with Crippen LogP contribution in [0.15, 0.2) is 77.8 Å². The lowest BCUT2D eigenvalue weighted by atomic mass is 10.1. The predicted octanol–water partition coefficient (Wildman–Crippen LogP) is 7.19. The average molecular weight is 612 g/mol. The lowest BCUT2D eigenvalue weighted by Crippen LogP contribution is -2.49. The van der Waals surface area contributed by atoms with Crippen molar-refractivity contribution in [2.24, 2.45) is 0 Å². The Balaban J connectivity index is 1.38. The highest BCUT2D eigenvalue weighted by atomic mass is 32.2. The maximum absolute atomic E-state index is 13.7. The van der Waals surface area contributed by atoms with E-state index in [1.54, 1.807) is 70.6 Å². The van der Waals surface area contributed by atoms with Gasteiger partial charge in [-0.1, -0.05) is 49.6 Å². The van der Waals surface area contributed by atoms with Crippen LogP contribution < -0.4 is 14.4 Å². The van der Waals surface area contributed by atoms with Gasteiger partial charge in [-0.15, -0.1) is 0 Å². The molecule has 1 aromatic heterocycles. The molecule has 4 aromatic rings. The smallest absolute Gasteiger partial charge is 0.387 e. The van der Waals surface area contributed by atoms with Crippen LogP contribution in [0, 0.1) is 6.92 Å². The van der Waals surface area contributed by atoms with Crippen molar-refractivity contribution in [3.8, 4) is 11.5 Å². The average Bonchev–Trinajstić information content (AvgIpc) is 3.43. The number of hydrogen-bond acceptors (Lipinski definition) is 5. The minimum atomic E-state index is -3.81. The summed E-state index contributed by atoms with van der Waals surface area (Å²) in [7, 11) is -3.81. The van der Waals surface area contributed by atoms with Gasteiger partial charge in [0.15, 0.2) is 11.5 Å². The summed E-state index contributed by atoms with van der Waals surface area (Å²) in [6, 6.07) is 18.2. The zero-order valence-electron chi connectivity index (χ0n) is 24.2. The molecule has 1 aliphatic rings. The quantitative estimate of drug-likeness (QED) is 0.159. The van der Waals surface area contributed by atoms with E-state index in [0.29, 0.717) is 37.3 Å². The molecular weight excluding hydrogens is 576 g/mol. The number of fused-ring (bicyclic) bond motifs is 1. The van der Waals surface area contributed by atoms with Crippen molar-refractivity contribution >= 4 is 32.6 Å². The molecule has 2 amide bonds. The molecule has 8 nitrogen and oxygen atoms in total. The second kappa shape index (κ2) is 13.0. The van der Waals surface area contributed by atoms with Crippen molar-refractivity contribution in [2.45, 2.75) is 57.6 Å². The highest BCUT2D eigenvalue weighted by molar-refractivity contribution is 7.90. The maximum atomic E-state index is 13.7. The maximum Gasteiger partial charge on any atom is 0.387 e. The predicted molar refractivity (Wildman–Crippen MR) is 162 cm³/mol. The second-order valence-electron chi connectivity index (χ2n) is 10.6. The zero-order chi connectivity index (χ0) is 30.6. The molecule has 0 radical (unpaired) electrons. The van der Waals surface area contributed by atoms with Gasteiger partial charge in [-0.3, -0.25) is 4.90 Å². The van der Waals surface area contributed by atoms with E-state index in [2.05, 4.69) is 11.7 Å². The van der Waals surface area contributed by atoms with Crippen LogP contribution in [-0.2, 0) is 16.6 Å². The van der Waals surface area contributed by atoms with Crippen LogP contribution >= 0.6 is 0 Å². The highest BCUT2D eigenvalue weighted by Crippen LogP contribution is 2.35. The Morgan fingerprint density at radius 2 is 1.74 bits per heavy atom. The van der Waals surface area contributed by atoms with Crippen molar-refractivity contribution in [1.29, 1.82) is 0 Å². The van der Waals surface area contributed by atoms with Gasteiger partial charge in [-0.2, -0.15) is 8.78 Å². The third-order valence-electron chi connectivity index (χ3n) is 7.50. The molecular formula is C32H35F2N3O5S. The van der Waals surface area contributed by atoms with E-state index >= 15 is 0 Å². The number of aryl methyl sites for hydroxylation is 1. The molecule has 5 rings (SSSR count). The third-order valence-corrected chi connectivity index (χ3v) is 9.20. The number of hydrogen-bond donors (Lipinski definition) is 0. The number of anilines is 1. The molecule has 1 saturated heterocycles. The fourth-order valence-corrected chi connectivity index (χ4v) is 6.60. The van der Waals surface area contributed by atoms with Gasteiger partial charge in [0.2, 0.25) is 0 Å². The monoisotopic (exact) mass is 611 g/mol. The van der Waals surface area contributed by atoms with Gasteiger partial charge < -0.3 is 14.4 Å². The Kier molecular flexibility index (Phi) is 9.19. The van der Waals surface area contributed by atoms with Crippen molar-refractivity contribution < 1.29 is 31.5 Å². The van der Waals surface area contributed by atoms with Crippen LogP contribution in [0.25, 0.3) is 10.9 Å². The molecule has 0 unspecified atom stereocenters. The zero-order valence-corrected chi connectivity index (χ0v) is 25.0. The molecule has 0 bridgehead atoms. The summed E-state index contributed by atoms with van der Waals surface area (Å²) >= 11 is 0. The van der Waals surface area contributed by atoms with Crippen LogP contribution in [0.5, 0.6) is 11.5 Å². The Morgan fingerprint density at radius 1 is 0.953 bits per heavy atom. The summed E-state index contributed by atoms with van der Waals surface area (Å²) in [4.78, 5) is 17.2. The Morgan fingerprint density at radius 3 is 2.49 bits per heavy atom. The van der Waals surface area contributed by atoms with Crippen LogP contribution in [0.1, 0.15) is 43.7 Å². The number of carbonyl (C=O) groups is 1. The van der Waals surface area contributed by atoms with E-state index in [1.807, 2.05) is 13.0 Å².